The second-order valence-electron chi connectivity index (χ2n) is 5.55. The zero-order valence-electron chi connectivity index (χ0n) is 12.6. The molecule has 1 amide bonds. The number of nitrogens with zero attached hydrogens (tertiary/aromatic N) is 2. The van der Waals surface area contributed by atoms with Crippen LogP contribution in [0.5, 0.6) is 5.75 Å². The molecule has 21 heavy (non-hydrogen) atoms. The number of phenols is 1. The van der Waals surface area contributed by atoms with Crippen LogP contribution in [0.2, 0.25) is 0 Å². The predicted molar refractivity (Wildman–Crippen MR) is 82.5 cm³/mol. The van der Waals surface area contributed by atoms with Gasteiger partial charge in [0.05, 0.1) is 17.6 Å². The zero-order chi connectivity index (χ0) is 15.4. The smallest absolute Gasteiger partial charge is 0.255 e. The first-order chi connectivity index (χ1) is 9.97. The number of amides is 1. The highest BCUT2D eigenvalue weighted by Gasteiger charge is 2.12. The summed E-state index contributed by atoms with van der Waals surface area (Å²) >= 11 is 0. The monoisotopic (exact) mass is 287 g/mol. The normalized spacial score (nSPS) is 10.9. The van der Waals surface area contributed by atoms with E-state index in [-0.39, 0.29) is 11.7 Å². The van der Waals surface area contributed by atoms with Crippen molar-refractivity contribution in [2.45, 2.75) is 33.7 Å². The number of rotatable bonds is 5. The number of hydrogen-bond acceptors (Lipinski definition) is 3. The Morgan fingerprint density at radius 2 is 2.19 bits per heavy atom. The molecule has 0 radical (unpaired) electrons. The second-order valence-corrected chi connectivity index (χ2v) is 5.55. The van der Waals surface area contributed by atoms with Crippen LogP contribution in [0.3, 0.4) is 0 Å². The van der Waals surface area contributed by atoms with Gasteiger partial charge in [0.1, 0.15) is 5.75 Å². The Morgan fingerprint density at radius 1 is 1.43 bits per heavy atom. The number of aromatic nitrogens is 2. The van der Waals surface area contributed by atoms with Gasteiger partial charge in [-0.25, -0.2) is 0 Å². The van der Waals surface area contributed by atoms with Gasteiger partial charge in [-0.15, -0.1) is 0 Å². The molecule has 0 spiro atoms. The summed E-state index contributed by atoms with van der Waals surface area (Å²) in [5, 5.41) is 16.5. The van der Waals surface area contributed by atoms with Crippen molar-refractivity contribution in [1.82, 2.24) is 9.78 Å². The third-order valence-corrected chi connectivity index (χ3v) is 3.38. The number of phenolic OH excluding ortho intramolecular Hbond substituents is 1. The van der Waals surface area contributed by atoms with E-state index in [1.54, 1.807) is 18.3 Å². The van der Waals surface area contributed by atoms with Crippen LogP contribution in [0.4, 0.5) is 5.69 Å². The number of benzene rings is 1. The second kappa shape index (κ2) is 6.43. The average molecular weight is 287 g/mol. The Balaban J connectivity index is 2.08. The first kappa shape index (κ1) is 15.1. The minimum atomic E-state index is -0.252. The van der Waals surface area contributed by atoms with Gasteiger partial charge in [-0.2, -0.15) is 5.10 Å². The van der Waals surface area contributed by atoms with Crippen molar-refractivity contribution >= 4 is 11.6 Å². The number of hydrogen-bond donors (Lipinski definition) is 2. The van der Waals surface area contributed by atoms with Crippen LogP contribution in [-0.4, -0.2) is 20.8 Å². The van der Waals surface area contributed by atoms with Crippen LogP contribution in [-0.2, 0) is 6.54 Å². The first-order valence-electron chi connectivity index (χ1n) is 7.10. The molecule has 1 heterocycles. The molecule has 0 aliphatic heterocycles. The van der Waals surface area contributed by atoms with E-state index in [1.165, 1.54) is 12.1 Å². The highest BCUT2D eigenvalue weighted by Crippen LogP contribution is 2.17. The van der Waals surface area contributed by atoms with E-state index in [9.17, 15) is 9.90 Å². The van der Waals surface area contributed by atoms with Crippen LogP contribution in [0, 0.1) is 12.8 Å². The first-order valence-corrected chi connectivity index (χ1v) is 7.10. The summed E-state index contributed by atoms with van der Waals surface area (Å²) in [6, 6.07) is 6.27. The summed E-state index contributed by atoms with van der Waals surface area (Å²) in [7, 11) is 0. The largest absolute Gasteiger partial charge is 0.508 e. The fourth-order valence-electron chi connectivity index (χ4n) is 2.02. The lowest BCUT2D eigenvalue weighted by atomic mass is 10.1. The van der Waals surface area contributed by atoms with Crippen LogP contribution in [0.15, 0.2) is 30.5 Å². The average Bonchev–Trinajstić information content (AvgIpc) is 2.77. The SMILES string of the molecule is Cc1c(NC(=O)c2cccc(O)c2)cnn1CCC(C)C. The van der Waals surface area contributed by atoms with E-state index in [1.807, 2.05) is 11.6 Å². The number of carbonyl (C=O) groups excluding carboxylic acids is 1. The fraction of sp³-hybridized carbons (Fsp3) is 0.375. The van der Waals surface area contributed by atoms with Gasteiger partial charge >= 0.3 is 0 Å². The Morgan fingerprint density at radius 3 is 2.86 bits per heavy atom. The maximum atomic E-state index is 12.1. The molecule has 0 saturated heterocycles. The summed E-state index contributed by atoms with van der Waals surface area (Å²) in [4.78, 5) is 12.1. The van der Waals surface area contributed by atoms with Gasteiger partial charge in [-0.05, 0) is 37.5 Å². The Labute approximate surface area is 124 Å². The molecule has 2 N–H and O–H groups in total. The molecular weight excluding hydrogens is 266 g/mol. The topological polar surface area (TPSA) is 67.2 Å². The molecule has 1 aromatic carbocycles. The highest BCUT2D eigenvalue weighted by atomic mass is 16.3. The number of aryl methyl sites for hydroxylation is 1. The van der Waals surface area contributed by atoms with Crippen molar-refractivity contribution in [1.29, 1.82) is 0 Å². The predicted octanol–water partition coefficient (Wildman–Crippen LogP) is 3.20. The number of carbonyl (C=O) groups is 1. The summed E-state index contributed by atoms with van der Waals surface area (Å²) in [5.74, 6) is 0.434. The van der Waals surface area contributed by atoms with Gasteiger partial charge < -0.3 is 10.4 Å². The summed E-state index contributed by atoms with van der Waals surface area (Å²) < 4.78 is 1.90. The summed E-state index contributed by atoms with van der Waals surface area (Å²) in [5.41, 5.74) is 2.06. The van der Waals surface area contributed by atoms with Crippen molar-refractivity contribution in [2.75, 3.05) is 5.32 Å². The maximum absolute atomic E-state index is 12.1. The molecule has 0 fully saturated rings. The van der Waals surface area contributed by atoms with Crippen molar-refractivity contribution in [3.05, 3.63) is 41.7 Å². The molecule has 0 saturated carbocycles. The minimum Gasteiger partial charge on any atom is -0.508 e. The zero-order valence-corrected chi connectivity index (χ0v) is 12.6. The van der Waals surface area contributed by atoms with Crippen LogP contribution in [0.25, 0.3) is 0 Å². The van der Waals surface area contributed by atoms with Gasteiger partial charge in [0.15, 0.2) is 0 Å². The number of nitrogens with one attached hydrogen (secondary N) is 1. The lowest BCUT2D eigenvalue weighted by Crippen LogP contribution is -2.12. The van der Waals surface area contributed by atoms with E-state index < -0.39 is 0 Å². The molecule has 1 aromatic heterocycles. The lowest BCUT2D eigenvalue weighted by molar-refractivity contribution is 0.102. The van der Waals surface area contributed by atoms with Crippen molar-refractivity contribution in [2.24, 2.45) is 5.92 Å². The van der Waals surface area contributed by atoms with Gasteiger partial charge in [-0.1, -0.05) is 19.9 Å². The van der Waals surface area contributed by atoms with E-state index >= 15 is 0 Å². The number of aromatic hydroxyl groups is 1. The van der Waals surface area contributed by atoms with E-state index in [2.05, 4.69) is 24.3 Å². The van der Waals surface area contributed by atoms with E-state index in [0.717, 1.165) is 18.7 Å². The molecule has 112 valence electrons. The van der Waals surface area contributed by atoms with Gasteiger partial charge in [0, 0.05) is 12.1 Å². The van der Waals surface area contributed by atoms with Crippen LogP contribution < -0.4 is 5.32 Å². The van der Waals surface area contributed by atoms with Crippen molar-refractivity contribution in [3.63, 3.8) is 0 Å². The molecule has 0 aliphatic rings. The van der Waals surface area contributed by atoms with Crippen LogP contribution in [0.1, 0.15) is 36.3 Å². The van der Waals surface area contributed by atoms with E-state index in [0.29, 0.717) is 17.2 Å². The van der Waals surface area contributed by atoms with Crippen molar-refractivity contribution in [3.8, 4) is 5.75 Å². The summed E-state index contributed by atoms with van der Waals surface area (Å²) in [6.07, 6.45) is 2.71. The van der Waals surface area contributed by atoms with Gasteiger partial charge in [0.2, 0.25) is 0 Å². The Hall–Kier alpha value is -2.30. The molecule has 0 bridgehead atoms. The molecule has 2 aromatic rings. The van der Waals surface area contributed by atoms with Crippen LogP contribution >= 0.6 is 0 Å². The third-order valence-electron chi connectivity index (χ3n) is 3.38. The van der Waals surface area contributed by atoms with Crippen molar-refractivity contribution < 1.29 is 9.90 Å². The molecule has 0 atom stereocenters. The molecule has 0 unspecified atom stereocenters. The lowest BCUT2D eigenvalue weighted by Gasteiger charge is -2.08. The van der Waals surface area contributed by atoms with Gasteiger partial charge in [-0.3, -0.25) is 9.48 Å². The standard InChI is InChI=1S/C16H21N3O2/c1-11(2)7-8-19-12(3)15(10-17-19)18-16(21)13-5-4-6-14(20)9-13/h4-6,9-11,20H,7-8H2,1-3H3,(H,18,21). The molecule has 5 heteroatoms. The molecule has 5 nitrogen and oxygen atoms in total. The highest BCUT2D eigenvalue weighted by molar-refractivity contribution is 6.04. The van der Waals surface area contributed by atoms with Gasteiger partial charge in [0.25, 0.3) is 5.91 Å². The number of anilines is 1. The molecular formula is C16H21N3O2. The maximum Gasteiger partial charge on any atom is 0.255 e. The Kier molecular flexibility index (Phi) is 4.62. The summed E-state index contributed by atoms with van der Waals surface area (Å²) in [6.45, 7) is 7.11. The van der Waals surface area contributed by atoms with E-state index in [4.69, 9.17) is 0 Å². The minimum absolute atomic E-state index is 0.0759. The Bertz CT molecular complexity index is 632. The third kappa shape index (κ3) is 3.84. The fourth-order valence-corrected chi connectivity index (χ4v) is 2.02. The molecule has 2 rings (SSSR count). The molecule has 0 aliphatic carbocycles. The quantitative estimate of drug-likeness (QED) is 0.887.